The minimum Gasteiger partial charge on any atom is -0.457 e. The van der Waals surface area contributed by atoms with E-state index in [1.807, 2.05) is 61.5 Å². The normalized spacial score (nSPS) is 14.6. The van der Waals surface area contributed by atoms with Gasteiger partial charge in [-0.3, -0.25) is 0 Å². The zero-order valence-corrected chi connectivity index (χ0v) is 22.6. The number of nitrogens with zero attached hydrogens (tertiary/aromatic N) is 1. The molecule has 0 unspecified atom stereocenters. The van der Waals surface area contributed by atoms with Crippen molar-refractivity contribution in [1.29, 1.82) is 0 Å². The van der Waals surface area contributed by atoms with Gasteiger partial charge in [0.25, 0.3) is 0 Å². The Hall–Kier alpha value is -4.96. The molecule has 0 amide bonds. The van der Waals surface area contributed by atoms with E-state index in [4.69, 9.17) is 15.2 Å². The second kappa shape index (κ2) is 11.4. The number of anilines is 2. The number of rotatable bonds is 7. The van der Waals surface area contributed by atoms with Gasteiger partial charge >= 0.3 is 0 Å². The Bertz CT molecular complexity index is 1640. The molecule has 0 fully saturated rings. The summed E-state index contributed by atoms with van der Waals surface area (Å²) in [5, 5.41) is 0. The summed E-state index contributed by atoms with van der Waals surface area (Å²) < 4.78 is 12.5. The number of nitrogens with two attached hydrogens (primary N) is 1. The monoisotopic (exact) mass is 524 g/mol. The highest BCUT2D eigenvalue weighted by Crippen LogP contribution is 2.44. The van der Waals surface area contributed by atoms with Crippen LogP contribution in [-0.4, -0.2) is 0 Å². The minimum absolute atomic E-state index is 0.724. The molecule has 0 aromatic heterocycles. The van der Waals surface area contributed by atoms with E-state index < -0.39 is 0 Å². The van der Waals surface area contributed by atoms with Crippen LogP contribution in [0.1, 0.15) is 29.5 Å². The van der Waals surface area contributed by atoms with E-state index in [1.54, 1.807) is 6.20 Å². The lowest BCUT2D eigenvalue weighted by molar-refractivity contribution is 0.388. The molecule has 1 aliphatic heterocycles. The van der Waals surface area contributed by atoms with Gasteiger partial charge in [0.2, 0.25) is 0 Å². The zero-order valence-electron chi connectivity index (χ0n) is 22.6. The second-order valence-electron chi connectivity index (χ2n) is 9.98. The van der Waals surface area contributed by atoms with Crippen molar-refractivity contribution in [3.05, 3.63) is 155 Å². The third kappa shape index (κ3) is 5.29. The van der Waals surface area contributed by atoms with Crippen LogP contribution in [0.3, 0.4) is 0 Å². The second-order valence-corrected chi connectivity index (χ2v) is 9.98. The fraction of sp³-hybridized carbons (Fsp3) is 0.111. The molecule has 0 bridgehead atoms. The molecule has 4 heteroatoms. The Morgan fingerprint density at radius 2 is 1.65 bits per heavy atom. The predicted octanol–water partition coefficient (Wildman–Crippen LogP) is 8.98. The maximum absolute atomic E-state index is 6.24. The van der Waals surface area contributed by atoms with Gasteiger partial charge in [-0.2, -0.15) is 0 Å². The summed E-state index contributed by atoms with van der Waals surface area (Å²) in [6.07, 6.45) is 12.8. The molecule has 1 aliphatic carbocycles. The number of ether oxygens (including phenoxy) is 2. The van der Waals surface area contributed by atoms with Crippen molar-refractivity contribution in [1.82, 2.24) is 0 Å². The molecule has 4 aromatic carbocycles. The van der Waals surface area contributed by atoms with Crippen LogP contribution in [0.2, 0.25) is 0 Å². The first kappa shape index (κ1) is 25.3. The van der Waals surface area contributed by atoms with Crippen LogP contribution in [0.15, 0.2) is 139 Å². The number of hydrogen-bond donors (Lipinski definition) is 1. The molecule has 0 saturated carbocycles. The molecule has 0 saturated heterocycles. The van der Waals surface area contributed by atoms with E-state index in [2.05, 4.69) is 71.7 Å². The first-order valence-corrected chi connectivity index (χ1v) is 13.7. The molecular formula is C36H32N2O2. The summed E-state index contributed by atoms with van der Waals surface area (Å²) in [5.74, 6) is 3.58. The van der Waals surface area contributed by atoms with Crippen molar-refractivity contribution in [2.75, 3.05) is 4.90 Å². The summed E-state index contributed by atoms with van der Waals surface area (Å²) in [7, 11) is 0. The SMILES string of the molecule is Cc1ccccc1Oc1ccccc1/C=C\C(=C/N)Cc1ccc(N2C3=C(CCC=C3)Oc3ccccc32)cc1. The number of benzene rings is 4. The smallest absolute Gasteiger partial charge is 0.151 e. The lowest BCUT2D eigenvalue weighted by Gasteiger charge is -2.35. The molecule has 0 atom stereocenters. The van der Waals surface area contributed by atoms with E-state index in [0.29, 0.717) is 0 Å². The quantitative estimate of drug-likeness (QED) is 0.245. The highest BCUT2D eigenvalue weighted by Gasteiger charge is 2.27. The maximum atomic E-state index is 6.24. The van der Waals surface area contributed by atoms with Crippen molar-refractivity contribution in [3.63, 3.8) is 0 Å². The van der Waals surface area contributed by atoms with Crippen LogP contribution >= 0.6 is 0 Å². The van der Waals surface area contributed by atoms with Gasteiger partial charge in [0, 0.05) is 17.7 Å². The predicted molar refractivity (Wildman–Crippen MR) is 164 cm³/mol. The van der Waals surface area contributed by atoms with Gasteiger partial charge in [-0.25, -0.2) is 0 Å². The van der Waals surface area contributed by atoms with E-state index in [-0.39, 0.29) is 0 Å². The number of allylic oxidation sites excluding steroid dienone is 5. The molecule has 0 radical (unpaired) electrons. The van der Waals surface area contributed by atoms with E-state index in [1.165, 1.54) is 5.56 Å². The number of fused-ring (bicyclic) bond motifs is 1. The molecule has 198 valence electrons. The highest BCUT2D eigenvalue weighted by molar-refractivity contribution is 5.77. The van der Waals surface area contributed by atoms with Crippen molar-refractivity contribution < 1.29 is 9.47 Å². The third-order valence-corrected chi connectivity index (χ3v) is 7.21. The number of hydrogen-bond acceptors (Lipinski definition) is 4. The maximum Gasteiger partial charge on any atom is 0.151 e. The Labute approximate surface area is 236 Å². The molecule has 40 heavy (non-hydrogen) atoms. The molecule has 2 aliphatic rings. The summed E-state index contributed by atoms with van der Waals surface area (Å²) in [4.78, 5) is 2.29. The molecule has 1 heterocycles. The minimum atomic E-state index is 0.724. The van der Waals surface area contributed by atoms with Crippen LogP contribution in [-0.2, 0) is 6.42 Å². The Balaban J connectivity index is 1.20. The molecule has 4 aromatic rings. The van der Waals surface area contributed by atoms with Gasteiger partial charge in [-0.15, -0.1) is 0 Å². The molecule has 6 rings (SSSR count). The van der Waals surface area contributed by atoms with Crippen LogP contribution < -0.4 is 20.1 Å². The Kier molecular flexibility index (Phi) is 7.23. The van der Waals surface area contributed by atoms with Gasteiger partial charge in [-0.05, 0) is 85.1 Å². The van der Waals surface area contributed by atoms with Gasteiger partial charge < -0.3 is 20.1 Å². The van der Waals surface area contributed by atoms with Crippen LogP contribution in [0, 0.1) is 6.92 Å². The van der Waals surface area contributed by atoms with Crippen molar-refractivity contribution >= 4 is 17.5 Å². The summed E-state index contributed by atoms with van der Waals surface area (Å²) in [6, 6.07) is 33.0. The van der Waals surface area contributed by atoms with E-state index in [0.717, 1.165) is 76.0 Å². The highest BCUT2D eigenvalue weighted by atomic mass is 16.5. The largest absolute Gasteiger partial charge is 0.457 e. The topological polar surface area (TPSA) is 47.7 Å². The summed E-state index contributed by atoms with van der Waals surface area (Å²) >= 11 is 0. The first-order valence-electron chi connectivity index (χ1n) is 13.7. The average molecular weight is 525 g/mol. The lowest BCUT2D eigenvalue weighted by Crippen LogP contribution is -2.24. The van der Waals surface area contributed by atoms with Gasteiger partial charge in [0.15, 0.2) is 5.75 Å². The lowest BCUT2D eigenvalue weighted by atomic mass is 10.0. The third-order valence-electron chi connectivity index (χ3n) is 7.21. The van der Waals surface area contributed by atoms with Crippen LogP contribution in [0.25, 0.3) is 6.08 Å². The van der Waals surface area contributed by atoms with Crippen molar-refractivity contribution in [2.24, 2.45) is 5.73 Å². The van der Waals surface area contributed by atoms with Crippen molar-refractivity contribution in [3.8, 4) is 17.2 Å². The van der Waals surface area contributed by atoms with Crippen LogP contribution in [0.5, 0.6) is 17.2 Å². The standard InChI is InChI=1S/C36H32N2O2/c1-26-10-2-6-14-33(26)39-34-15-7-3-11-29(34)21-18-28(25-37)24-27-19-22-30(23-20-27)38-31-12-4-8-16-35(31)40-36-17-9-5-13-32(36)38/h2-8,10-16,18-23,25H,9,17,24,37H2,1H3/b21-18-,28-25+. The number of aryl methyl sites for hydroxylation is 1. The summed E-state index contributed by atoms with van der Waals surface area (Å²) in [5.41, 5.74) is 13.6. The van der Waals surface area contributed by atoms with Gasteiger partial charge in [0.05, 0.1) is 11.4 Å². The Morgan fingerprint density at radius 3 is 2.48 bits per heavy atom. The first-order chi connectivity index (χ1) is 19.7. The Morgan fingerprint density at radius 1 is 0.900 bits per heavy atom. The zero-order chi connectivity index (χ0) is 27.3. The van der Waals surface area contributed by atoms with Crippen molar-refractivity contribution in [2.45, 2.75) is 26.2 Å². The van der Waals surface area contributed by atoms with Crippen LogP contribution in [0.4, 0.5) is 11.4 Å². The molecular weight excluding hydrogens is 492 g/mol. The van der Waals surface area contributed by atoms with E-state index >= 15 is 0 Å². The number of para-hydroxylation sites is 4. The fourth-order valence-corrected chi connectivity index (χ4v) is 5.07. The molecule has 0 spiro atoms. The molecule has 2 N–H and O–H groups in total. The molecule has 4 nitrogen and oxygen atoms in total. The average Bonchev–Trinajstić information content (AvgIpc) is 3.00. The van der Waals surface area contributed by atoms with E-state index in [9.17, 15) is 0 Å². The van der Waals surface area contributed by atoms with Gasteiger partial charge in [0.1, 0.15) is 17.3 Å². The fourth-order valence-electron chi connectivity index (χ4n) is 5.07. The summed E-state index contributed by atoms with van der Waals surface area (Å²) in [6.45, 7) is 2.05. The van der Waals surface area contributed by atoms with Gasteiger partial charge in [-0.1, -0.05) is 78.9 Å².